The van der Waals surface area contributed by atoms with Crippen molar-refractivity contribution < 1.29 is 13.6 Å². The van der Waals surface area contributed by atoms with Crippen LogP contribution < -0.4 is 16.0 Å². The number of nitrogens with one attached hydrogen (secondary N) is 3. The predicted octanol–water partition coefficient (Wildman–Crippen LogP) is 3.24. The van der Waals surface area contributed by atoms with Gasteiger partial charge in [-0.1, -0.05) is 18.2 Å². The van der Waals surface area contributed by atoms with Crippen LogP contribution in [0.15, 0.2) is 47.5 Å². The summed E-state index contributed by atoms with van der Waals surface area (Å²) in [7, 11) is 0. The Labute approximate surface area is 180 Å². The maximum Gasteiger partial charge on any atom is 0.224 e. The summed E-state index contributed by atoms with van der Waals surface area (Å²) < 4.78 is 26.4. The minimum atomic E-state index is -0.320. The zero-order chi connectivity index (χ0) is 21.8. The minimum absolute atomic E-state index is 0.127. The van der Waals surface area contributed by atoms with Crippen molar-refractivity contribution in [3.8, 4) is 0 Å². The van der Waals surface area contributed by atoms with Gasteiger partial charge in [0.05, 0.1) is 13.0 Å². The lowest BCUT2D eigenvalue weighted by Crippen LogP contribution is -2.41. The van der Waals surface area contributed by atoms with Gasteiger partial charge in [0.15, 0.2) is 5.96 Å². The Morgan fingerprint density at radius 2 is 1.67 bits per heavy atom. The molecule has 3 N–H and O–H groups in total. The molecule has 1 amide bonds. The van der Waals surface area contributed by atoms with Crippen molar-refractivity contribution in [3.05, 3.63) is 70.8 Å². The van der Waals surface area contributed by atoms with Crippen molar-refractivity contribution in [1.82, 2.24) is 16.0 Å². The first-order chi connectivity index (χ1) is 14.5. The molecule has 0 radical (unpaired) electrons. The summed E-state index contributed by atoms with van der Waals surface area (Å²) in [4.78, 5) is 16.6. The summed E-state index contributed by atoms with van der Waals surface area (Å²) >= 11 is 1.64. The van der Waals surface area contributed by atoms with E-state index in [1.165, 1.54) is 18.2 Å². The second kappa shape index (κ2) is 12.8. The highest BCUT2D eigenvalue weighted by Crippen LogP contribution is 2.17. The van der Waals surface area contributed by atoms with Gasteiger partial charge in [0.25, 0.3) is 0 Å². The summed E-state index contributed by atoms with van der Waals surface area (Å²) in [6.45, 7) is 4.03. The Morgan fingerprint density at radius 3 is 2.37 bits per heavy atom. The monoisotopic (exact) mass is 434 g/mol. The van der Waals surface area contributed by atoms with Crippen molar-refractivity contribution in [1.29, 1.82) is 0 Å². The largest absolute Gasteiger partial charge is 0.357 e. The zero-order valence-corrected chi connectivity index (χ0v) is 18.1. The van der Waals surface area contributed by atoms with Crippen LogP contribution in [-0.2, 0) is 23.5 Å². The molecule has 0 atom stereocenters. The van der Waals surface area contributed by atoms with Gasteiger partial charge in [-0.2, -0.15) is 11.8 Å². The Bertz CT molecular complexity index is 844. The number of nitrogens with zero attached hydrogens (tertiary/aromatic N) is 1. The van der Waals surface area contributed by atoms with E-state index in [1.807, 2.05) is 13.2 Å². The Kier molecular flexibility index (Phi) is 10.1. The van der Waals surface area contributed by atoms with Crippen molar-refractivity contribution in [2.24, 2.45) is 4.99 Å². The first kappa shape index (κ1) is 23.7. The van der Waals surface area contributed by atoms with E-state index in [0.29, 0.717) is 32.1 Å². The number of halogens is 2. The second-order valence-corrected chi connectivity index (χ2v) is 7.49. The van der Waals surface area contributed by atoms with Crippen molar-refractivity contribution in [2.75, 3.05) is 25.9 Å². The van der Waals surface area contributed by atoms with Crippen LogP contribution in [0.2, 0.25) is 0 Å². The van der Waals surface area contributed by atoms with Crippen molar-refractivity contribution >= 4 is 23.6 Å². The number of amides is 1. The number of carbonyl (C=O) groups is 1. The topological polar surface area (TPSA) is 65.5 Å². The summed E-state index contributed by atoms with van der Waals surface area (Å²) in [5.74, 6) is 0.670. The number of aliphatic imine (C=N–C) groups is 1. The predicted molar refractivity (Wildman–Crippen MR) is 120 cm³/mol. The van der Waals surface area contributed by atoms with Crippen LogP contribution in [0.25, 0.3) is 0 Å². The molecule has 0 spiro atoms. The molecular weight excluding hydrogens is 406 g/mol. The van der Waals surface area contributed by atoms with E-state index in [4.69, 9.17) is 0 Å². The summed E-state index contributed by atoms with van der Waals surface area (Å²) in [5, 5.41) is 9.16. The number of benzene rings is 2. The molecule has 0 aliphatic rings. The van der Waals surface area contributed by atoms with Gasteiger partial charge in [0.2, 0.25) is 5.91 Å². The highest BCUT2D eigenvalue weighted by Gasteiger charge is 2.06. The molecule has 2 aromatic rings. The number of rotatable bonds is 10. The smallest absolute Gasteiger partial charge is 0.224 e. The lowest BCUT2D eigenvalue weighted by molar-refractivity contribution is -0.120. The number of guanidine groups is 1. The van der Waals surface area contributed by atoms with Gasteiger partial charge in [0, 0.05) is 25.4 Å². The lowest BCUT2D eigenvalue weighted by Gasteiger charge is -2.13. The van der Waals surface area contributed by atoms with E-state index >= 15 is 0 Å². The zero-order valence-electron chi connectivity index (χ0n) is 17.3. The quantitative estimate of drug-likeness (QED) is 0.305. The van der Waals surface area contributed by atoms with Gasteiger partial charge < -0.3 is 16.0 Å². The summed E-state index contributed by atoms with van der Waals surface area (Å²) in [6, 6.07) is 10.7. The van der Waals surface area contributed by atoms with Gasteiger partial charge in [-0.15, -0.1) is 0 Å². The molecule has 0 aromatic heterocycles. The van der Waals surface area contributed by atoms with Crippen LogP contribution in [0.5, 0.6) is 0 Å². The lowest BCUT2D eigenvalue weighted by atomic mass is 10.1. The average Bonchev–Trinajstić information content (AvgIpc) is 2.72. The van der Waals surface area contributed by atoms with E-state index in [-0.39, 0.29) is 24.0 Å². The number of carbonyl (C=O) groups excluding carboxylic acids is 1. The average molecular weight is 435 g/mol. The SMILES string of the molecule is CCNC(=NCc1ccc(F)cc1CSC)NCCNC(=O)Cc1ccc(F)cc1. The van der Waals surface area contributed by atoms with Gasteiger partial charge in [-0.3, -0.25) is 4.79 Å². The third kappa shape index (κ3) is 8.41. The van der Waals surface area contributed by atoms with Gasteiger partial charge in [-0.25, -0.2) is 13.8 Å². The number of hydrogen-bond donors (Lipinski definition) is 3. The Balaban J connectivity index is 1.82. The van der Waals surface area contributed by atoms with Crippen LogP contribution in [0, 0.1) is 11.6 Å². The van der Waals surface area contributed by atoms with E-state index in [9.17, 15) is 13.6 Å². The molecule has 0 heterocycles. The third-order valence-electron chi connectivity index (χ3n) is 4.24. The molecule has 162 valence electrons. The fourth-order valence-electron chi connectivity index (χ4n) is 2.78. The van der Waals surface area contributed by atoms with E-state index in [0.717, 1.165) is 22.4 Å². The molecule has 0 fully saturated rings. The fraction of sp³-hybridized carbons (Fsp3) is 0.364. The fourth-order valence-corrected chi connectivity index (χ4v) is 3.36. The molecule has 0 unspecified atom stereocenters. The molecule has 2 aromatic carbocycles. The van der Waals surface area contributed by atoms with Crippen molar-refractivity contribution in [2.45, 2.75) is 25.6 Å². The molecule has 8 heteroatoms. The molecule has 5 nitrogen and oxygen atoms in total. The van der Waals surface area contributed by atoms with E-state index in [2.05, 4.69) is 20.9 Å². The van der Waals surface area contributed by atoms with E-state index in [1.54, 1.807) is 36.0 Å². The molecule has 0 aliphatic heterocycles. The van der Waals surface area contributed by atoms with Crippen LogP contribution >= 0.6 is 11.8 Å². The maximum atomic E-state index is 13.5. The van der Waals surface area contributed by atoms with Gasteiger partial charge in [-0.05, 0) is 54.1 Å². The van der Waals surface area contributed by atoms with Crippen LogP contribution in [0.4, 0.5) is 8.78 Å². The summed E-state index contributed by atoms with van der Waals surface area (Å²) in [6.07, 6.45) is 2.19. The standard InChI is InChI=1S/C22H28F2N4OS/c1-3-25-22(28-14-17-6-9-20(24)13-18(17)15-30-2)27-11-10-26-21(29)12-16-4-7-19(23)8-5-16/h4-9,13H,3,10-12,14-15H2,1-2H3,(H,26,29)(H2,25,27,28). The van der Waals surface area contributed by atoms with Gasteiger partial charge in [0.1, 0.15) is 11.6 Å². The summed E-state index contributed by atoms with van der Waals surface area (Å²) in [5.41, 5.74) is 2.68. The number of hydrogen-bond acceptors (Lipinski definition) is 3. The maximum absolute atomic E-state index is 13.5. The first-order valence-electron chi connectivity index (χ1n) is 9.81. The van der Waals surface area contributed by atoms with Crippen molar-refractivity contribution in [3.63, 3.8) is 0 Å². The van der Waals surface area contributed by atoms with Gasteiger partial charge >= 0.3 is 0 Å². The van der Waals surface area contributed by atoms with E-state index < -0.39 is 0 Å². The van der Waals surface area contributed by atoms with Crippen LogP contribution in [0.3, 0.4) is 0 Å². The van der Waals surface area contributed by atoms with Crippen LogP contribution in [0.1, 0.15) is 23.6 Å². The Hall–Kier alpha value is -2.61. The Morgan fingerprint density at radius 1 is 0.967 bits per heavy atom. The molecular formula is C22H28F2N4OS. The molecule has 0 saturated heterocycles. The second-order valence-electron chi connectivity index (χ2n) is 6.62. The van der Waals surface area contributed by atoms with Crippen LogP contribution in [-0.4, -0.2) is 37.8 Å². The number of thioether (sulfide) groups is 1. The normalized spacial score (nSPS) is 11.3. The highest BCUT2D eigenvalue weighted by atomic mass is 32.2. The molecule has 0 saturated carbocycles. The minimum Gasteiger partial charge on any atom is -0.357 e. The highest BCUT2D eigenvalue weighted by molar-refractivity contribution is 7.97. The molecule has 0 aliphatic carbocycles. The first-order valence-corrected chi connectivity index (χ1v) is 11.2. The molecule has 0 bridgehead atoms. The molecule has 2 rings (SSSR count). The third-order valence-corrected chi connectivity index (χ3v) is 4.84. The molecule has 30 heavy (non-hydrogen) atoms.